The Bertz CT molecular complexity index is 545. The van der Waals surface area contributed by atoms with Gasteiger partial charge < -0.3 is 9.84 Å². The highest BCUT2D eigenvalue weighted by molar-refractivity contribution is 7.13. The molecule has 0 unspecified atom stereocenters. The summed E-state index contributed by atoms with van der Waals surface area (Å²) in [5, 5.41) is 7.49. The minimum Gasteiger partial charge on any atom is -0.361 e. The van der Waals surface area contributed by atoms with Gasteiger partial charge in [-0.15, -0.1) is 11.3 Å². The van der Waals surface area contributed by atoms with Crippen LogP contribution in [0.3, 0.4) is 0 Å². The molecule has 2 rings (SSSR count). The van der Waals surface area contributed by atoms with Crippen LogP contribution in [0.25, 0.3) is 0 Å². The Morgan fingerprint density at radius 2 is 2.24 bits per heavy atom. The number of rotatable bonds is 3. The van der Waals surface area contributed by atoms with Crippen LogP contribution in [0.4, 0.5) is 0 Å². The van der Waals surface area contributed by atoms with Gasteiger partial charge in [-0.1, -0.05) is 5.16 Å². The van der Waals surface area contributed by atoms with E-state index in [1.807, 2.05) is 20.8 Å². The van der Waals surface area contributed by atoms with Crippen molar-refractivity contribution < 1.29 is 9.32 Å². The summed E-state index contributed by atoms with van der Waals surface area (Å²) in [5.41, 5.74) is 1.48. The Morgan fingerprint density at radius 3 is 2.76 bits per heavy atom. The molecule has 0 aliphatic rings. The van der Waals surface area contributed by atoms with Gasteiger partial charge >= 0.3 is 0 Å². The summed E-state index contributed by atoms with van der Waals surface area (Å²) in [4.78, 5) is 16.7. The van der Waals surface area contributed by atoms with E-state index in [4.69, 9.17) is 4.52 Å². The molecular formula is C11H13N3O2S. The first kappa shape index (κ1) is 11.8. The third-order valence-electron chi connectivity index (χ3n) is 2.22. The normalized spacial score (nSPS) is 10.5. The number of nitrogens with one attached hydrogen (secondary N) is 1. The average molecular weight is 251 g/mol. The van der Waals surface area contributed by atoms with Crippen molar-refractivity contribution in [1.82, 2.24) is 15.5 Å². The van der Waals surface area contributed by atoms with Crippen LogP contribution in [-0.4, -0.2) is 16.0 Å². The molecule has 90 valence electrons. The lowest BCUT2D eigenvalue weighted by molar-refractivity contribution is 0.0953. The lowest BCUT2D eigenvalue weighted by atomic mass is 10.3. The van der Waals surface area contributed by atoms with Gasteiger partial charge in [0.05, 0.1) is 17.2 Å². The second kappa shape index (κ2) is 4.67. The summed E-state index contributed by atoms with van der Waals surface area (Å²) >= 11 is 1.40. The van der Waals surface area contributed by atoms with E-state index in [0.717, 1.165) is 22.2 Å². The van der Waals surface area contributed by atoms with Gasteiger partial charge in [-0.25, -0.2) is 4.98 Å². The van der Waals surface area contributed by atoms with E-state index in [-0.39, 0.29) is 5.91 Å². The molecule has 0 saturated carbocycles. The molecular weight excluding hydrogens is 238 g/mol. The maximum absolute atomic E-state index is 11.9. The molecule has 6 heteroatoms. The molecule has 1 amide bonds. The van der Waals surface area contributed by atoms with Crippen LogP contribution in [0.15, 0.2) is 10.6 Å². The first-order valence-electron chi connectivity index (χ1n) is 5.20. The zero-order chi connectivity index (χ0) is 12.4. The number of hydrogen-bond acceptors (Lipinski definition) is 5. The monoisotopic (exact) mass is 251 g/mol. The first-order chi connectivity index (χ1) is 8.06. The molecule has 5 nitrogen and oxygen atoms in total. The van der Waals surface area contributed by atoms with Crippen molar-refractivity contribution in [2.45, 2.75) is 27.3 Å². The highest BCUT2D eigenvalue weighted by atomic mass is 32.1. The fourth-order valence-electron chi connectivity index (χ4n) is 1.49. The van der Waals surface area contributed by atoms with Crippen molar-refractivity contribution in [3.05, 3.63) is 33.1 Å². The van der Waals surface area contributed by atoms with Crippen LogP contribution < -0.4 is 5.32 Å². The largest absolute Gasteiger partial charge is 0.361 e. The Morgan fingerprint density at radius 1 is 1.47 bits per heavy atom. The lowest BCUT2D eigenvalue weighted by Gasteiger charge is -2.00. The molecule has 0 aromatic carbocycles. The Kier molecular flexibility index (Phi) is 3.23. The van der Waals surface area contributed by atoms with Gasteiger partial charge in [0.15, 0.2) is 0 Å². The molecule has 2 aromatic heterocycles. The molecule has 0 spiro atoms. The van der Waals surface area contributed by atoms with Gasteiger partial charge in [0.2, 0.25) is 0 Å². The standard InChI is InChI=1S/C11H13N3O2S/c1-6-4-9(14-16-6)5-12-11(15)10-7(2)13-8(3)17-10/h4H,5H2,1-3H3,(H,12,15). The Balaban J connectivity index is 2.00. The fraction of sp³-hybridized carbons (Fsp3) is 0.364. The minimum absolute atomic E-state index is 0.117. The number of carbonyl (C=O) groups excluding carboxylic acids is 1. The number of nitrogens with zero attached hydrogens (tertiary/aromatic N) is 2. The van der Waals surface area contributed by atoms with E-state index in [2.05, 4.69) is 15.5 Å². The summed E-state index contributed by atoms with van der Waals surface area (Å²) in [5.74, 6) is 0.618. The van der Waals surface area contributed by atoms with Gasteiger partial charge in [-0.2, -0.15) is 0 Å². The fourth-order valence-corrected chi connectivity index (χ4v) is 2.33. The molecule has 0 aliphatic carbocycles. The smallest absolute Gasteiger partial charge is 0.263 e. The van der Waals surface area contributed by atoms with E-state index < -0.39 is 0 Å². The van der Waals surface area contributed by atoms with Crippen LogP contribution >= 0.6 is 11.3 Å². The first-order valence-corrected chi connectivity index (χ1v) is 6.02. The summed E-state index contributed by atoms with van der Waals surface area (Å²) < 4.78 is 4.92. The van der Waals surface area contributed by atoms with Gasteiger partial charge in [0, 0.05) is 6.07 Å². The highest BCUT2D eigenvalue weighted by Gasteiger charge is 2.13. The second-order valence-corrected chi connectivity index (χ2v) is 4.96. The van der Waals surface area contributed by atoms with E-state index in [9.17, 15) is 4.79 Å². The molecule has 2 aromatic rings. The SMILES string of the molecule is Cc1cc(CNC(=O)c2sc(C)nc2C)no1. The average Bonchev–Trinajstić information content (AvgIpc) is 2.81. The predicted octanol–water partition coefficient (Wildman–Crippen LogP) is 1.99. The van der Waals surface area contributed by atoms with Crippen molar-refractivity contribution in [1.29, 1.82) is 0 Å². The third kappa shape index (κ3) is 2.71. The van der Waals surface area contributed by atoms with Crippen LogP contribution in [-0.2, 0) is 6.54 Å². The minimum atomic E-state index is -0.117. The van der Waals surface area contributed by atoms with E-state index in [0.29, 0.717) is 11.4 Å². The summed E-state index contributed by atoms with van der Waals surface area (Å²) in [6.07, 6.45) is 0. The molecule has 0 atom stereocenters. The van der Waals surface area contributed by atoms with Crippen molar-refractivity contribution in [3.8, 4) is 0 Å². The number of carbonyl (C=O) groups is 1. The van der Waals surface area contributed by atoms with Gasteiger partial charge in [-0.3, -0.25) is 4.79 Å². The van der Waals surface area contributed by atoms with Crippen molar-refractivity contribution in [3.63, 3.8) is 0 Å². The zero-order valence-corrected chi connectivity index (χ0v) is 10.7. The topological polar surface area (TPSA) is 68.0 Å². The third-order valence-corrected chi connectivity index (χ3v) is 3.29. The van der Waals surface area contributed by atoms with Crippen LogP contribution in [0.2, 0.25) is 0 Å². The lowest BCUT2D eigenvalue weighted by Crippen LogP contribution is -2.22. The molecule has 0 aliphatic heterocycles. The Labute approximate surface area is 103 Å². The maximum atomic E-state index is 11.9. The Hall–Kier alpha value is -1.69. The summed E-state index contributed by atoms with van der Waals surface area (Å²) in [7, 11) is 0. The number of thiazole rings is 1. The molecule has 1 N–H and O–H groups in total. The molecule has 0 fully saturated rings. The number of amides is 1. The molecule has 0 bridgehead atoms. The van der Waals surface area contributed by atoms with Crippen molar-refractivity contribution >= 4 is 17.2 Å². The number of hydrogen-bond donors (Lipinski definition) is 1. The van der Waals surface area contributed by atoms with Crippen molar-refractivity contribution in [2.24, 2.45) is 0 Å². The van der Waals surface area contributed by atoms with Crippen LogP contribution in [0.5, 0.6) is 0 Å². The second-order valence-electron chi connectivity index (χ2n) is 3.76. The molecule has 17 heavy (non-hydrogen) atoms. The van der Waals surface area contributed by atoms with Crippen molar-refractivity contribution in [2.75, 3.05) is 0 Å². The molecule has 0 saturated heterocycles. The number of aryl methyl sites for hydroxylation is 3. The van der Waals surface area contributed by atoms with E-state index in [1.165, 1.54) is 11.3 Å². The highest BCUT2D eigenvalue weighted by Crippen LogP contribution is 2.16. The quantitative estimate of drug-likeness (QED) is 0.905. The molecule has 2 heterocycles. The van der Waals surface area contributed by atoms with Crippen LogP contribution in [0, 0.1) is 20.8 Å². The number of aromatic nitrogens is 2. The predicted molar refractivity (Wildman–Crippen MR) is 64.0 cm³/mol. The summed E-state index contributed by atoms with van der Waals surface area (Å²) in [6, 6.07) is 1.80. The zero-order valence-electron chi connectivity index (χ0n) is 9.90. The van der Waals surface area contributed by atoms with Crippen LogP contribution in [0.1, 0.15) is 31.8 Å². The van der Waals surface area contributed by atoms with Gasteiger partial charge in [-0.05, 0) is 20.8 Å². The van der Waals surface area contributed by atoms with Gasteiger partial charge in [0.25, 0.3) is 5.91 Å². The van der Waals surface area contributed by atoms with E-state index in [1.54, 1.807) is 6.07 Å². The maximum Gasteiger partial charge on any atom is 0.263 e. The van der Waals surface area contributed by atoms with Gasteiger partial charge in [0.1, 0.15) is 16.3 Å². The molecule has 0 radical (unpaired) electrons. The summed E-state index contributed by atoms with van der Waals surface area (Å²) in [6.45, 7) is 5.90. The van der Waals surface area contributed by atoms with E-state index >= 15 is 0 Å².